The second-order valence-corrected chi connectivity index (χ2v) is 6.52. The Labute approximate surface area is 139 Å². The van der Waals surface area contributed by atoms with E-state index >= 15 is 0 Å². The molecule has 6 nitrogen and oxygen atoms in total. The van der Waals surface area contributed by atoms with E-state index in [1.807, 2.05) is 27.4 Å². The first-order valence-corrected chi connectivity index (χ1v) is 8.35. The number of halogens is 1. The molecule has 0 aliphatic carbocycles. The highest BCUT2D eigenvalue weighted by Crippen LogP contribution is 2.21. The molecule has 0 N–H and O–H groups in total. The van der Waals surface area contributed by atoms with Gasteiger partial charge in [-0.05, 0) is 31.5 Å². The van der Waals surface area contributed by atoms with Crippen molar-refractivity contribution in [2.24, 2.45) is 0 Å². The van der Waals surface area contributed by atoms with Crippen molar-refractivity contribution < 1.29 is 0 Å². The molecule has 0 unspecified atom stereocenters. The van der Waals surface area contributed by atoms with E-state index in [4.69, 9.17) is 16.6 Å². The van der Waals surface area contributed by atoms with Crippen LogP contribution in [0.5, 0.6) is 0 Å². The van der Waals surface area contributed by atoms with Gasteiger partial charge in [0.2, 0.25) is 0 Å². The Morgan fingerprint density at radius 2 is 2.17 bits per heavy atom. The molecule has 0 saturated carbocycles. The molecule has 0 aromatic carbocycles. The normalized spacial score (nSPS) is 19.4. The molecule has 0 bridgehead atoms. The first-order chi connectivity index (χ1) is 11.3. The van der Waals surface area contributed by atoms with E-state index in [1.165, 1.54) is 19.3 Å². The van der Waals surface area contributed by atoms with E-state index in [0.717, 1.165) is 36.0 Å². The lowest BCUT2D eigenvalue weighted by Gasteiger charge is -2.35. The summed E-state index contributed by atoms with van der Waals surface area (Å²) in [4.78, 5) is 11.3. The van der Waals surface area contributed by atoms with Gasteiger partial charge in [-0.3, -0.25) is 9.58 Å². The van der Waals surface area contributed by atoms with Crippen molar-refractivity contribution in [2.45, 2.75) is 38.4 Å². The highest BCUT2D eigenvalue weighted by molar-refractivity contribution is 6.30. The van der Waals surface area contributed by atoms with Gasteiger partial charge < -0.3 is 4.40 Å². The Kier molecular flexibility index (Phi) is 4.01. The molecule has 4 rings (SSSR count). The summed E-state index contributed by atoms with van der Waals surface area (Å²) in [5.74, 6) is 0. The summed E-state index contributed by atoms with van der Waals surface area (Å²) in [6, 6.07) is 4.32. The molecule has 1 aliphatic rings. The van der Waals surface area contributed by atoms with Gasteiger partial charge in [0.05, 0.1) is 17.3 Å². The van der Waals surface area contributed by atoms with Crippen LogP contribution >= 0.6 is 11.6 Å². The van der Waals surface area contributed by atoms with Gasteiger partial charge in [-0.2, -0.15) is 5.10 Å². The maximum Gasteiger partial charge on any atom is 0.137 e. The van der Waals surface area contributed by atoms with Gasteiger partial charge >= 0.3 is 0 Å². The minimum absolute atomic E-state index is 0.485. The lowest BCUT2D eigenvalue weighted by Crippen LogP contribution is -2.41. The predicted molar refractivity (Wildman–Crippen MR) is 88.3 cm³/mol. The minimum Gasteiger partial charge on any atom is -0.305 e. The number of aromatic nitrogens is 5. The first-order valence-electron chi connectivity index (χ1n) is 7.97. The van der Waals surface area contributed by atoms with Crippen molar-refractivity contribution in [3.8, 4) is 0 Å². The first kappa shape index (κ1) is 14.7. The second-order valence-electron chi connectivity index (χ2n) is 6.08. The second kappa shape index (κ2) is 6.29. The van der Waals surface area contributed by atoms with Gasteiger partial charge in [-0.15, -0.1) is 0 Å². The van der Waals surface area contributed by atoms with Crippen molar-refractivity contribution >= 4 is 17.2 Å². The van der Waals surface area contributed by atoms with Crippen LogP contribution in [0.25, 0.3) is 5.65 Å². The summed E-state index contributed by atoms with van der Waals surface area (Å²) in [7, 11) is 0. The molecule has 4 heterocycles. The summed E-state index contributed by atoms with van der Waals surface area (Å²) in [5, 5.41) is 4.97. The Morgan fingerprint density at radius 1 is 1.22 bits per heavy atom. The average Bonchev–Trinajstić information content (AvgIpc) is 3.18. The molecule has 0 radical (unpaired) electrons. The van der Waals surface area contributed by atoms with Gasteiger partial charge in [-0.1, -0.05) is 18.0 Å². The topological polar surface area (TPSA) is 51.2 Å². The summed E-state index contributed by atoms with van der Waals surface area (Å²) in [5.41, 5.74) is 2.02. The molecule has 7 heteroatoms. The zero-order chi connectivity index (χ0) is 15.6. The summed E-state index contributed by atoms with van der Waals surface area (Å²) in [6.07, 6.45) is 11.1. The highest BCUT2D eigenvalue weighted by atomic mass is 35.5. The van der Waals surface area contributed by atoms with Crippen LogP contribution in [0.4, 0.5) is 0 Å². The van der Waals surface area contributed by atoms with Crippen LogP contribution in [0.15, 0.2) is 37.2 Å². The summed E-state index contributed by atoms with van der Waals surface area (Å²) < 4.78 is 3.92. The molecule has 23 heavy (non-hydrogen) atoms. The van der Waals surface area contributed by atoms with E-state index < -0.39 is 0 Å². The Balaban J connectivity index is 1.52. The zero-order valence-electron chi connectivity index (χ0n) is 12.8. The minimum atomic E-state index is 0.485. The molecular formula is C16H19ClN6. The monoisotopic (exact) mass is 330 g/mol. The number of piperidine rings is 1. The van der Waals surface area contributed by atoms with E-state index in [9.17, 15) is 0 Å². The molecule has 0 spiro atoms. The number of hydrogen-bond donors (Lipinski definition) is 0. The molecule has 3 aromatic rings. The average molecular weight is 331 g/mol. The van der Waals surface area contributed by atoms with Crippen LogP contribution in [0.3, 0.4) is 0 Å². The number of nitrogens with zero attached hydrogens (tertiary/aromatic N) is 6. The Hall–Kier alpha value is -1.92. The number of imidazole rings is 1. The maximum atomic E-state index is 6.05. The lowest BCUT2D eigenvalue weighted by molar-refractivity contribution is 0.120. The van der Waals surface area contributed by atoms with Gasteiger partial charge in [-0.25, -0.2) is 9.97 Å². The molecule has 1 aliphatic heterocycles. The van der Waals surface area contributed by atoms with E-state index in [0.29, 0.717) is 6.04 Å². The quantitative estimate of drug-likeness (QED) is 0.738. The van der Waals surface area contributed by atoms with Gasteiger partial charge in [0.15, 0.2) is 0 Å². The SMILES string of the molecule is Clc1ccc2nc(CN3CCCC[C@@H]3Cn3cncn3)cn2c1. The molecule has 1 saturated heterocycles. The van der Waals surface area contributed by atoms with Crippen LogP contribution in [-0.4, -0.2) is 41.6 Å². The highest BCUT2D eigenvalue weighted by Gasteiger charge is 2.23. The number of likely N-dealkylation sites (tertiary alicyclic amines) is 1. The Morgan fingerprint density at radius 3 is 3.04 bits per heavy atom. The van der Waals surface area contributed by atoms with E-state index in [2.05, 4.69) is 21.2 Å². The zero-order valence-corrected chi connectivity index (χ0v) is 13.6. The van der Waals surface area contributed by atoms with Gasteiger partial charge in [0.25, 0.3) is 0 Å². The largest absolute Gasteiger partial charge is 0.305 e. The molecule has 120 valence electrons. The molecular weight excluding hydrogens is 312 g/mol. The van der Waals surface area contributed by atoms with Gasteiger partial charge in [0, 0.05) is 25.0 Å². The number of pyridine rings is 1. The van der Waals surface area contributed by atoms with Crippen LogP contribution in [0.2, 0.25) is 5.02 Å². The van der Waals surface area contributed by atoms with E-state index in [-0.39, 0.29) is 0 Å². The van der Waals surface area contributed by atoms with Gasteiger partial charge in [0.1, 0.15) is 18.3 Å². The number of fused-ring (bicyclic) bond motifs is 1. The van der Waals surface area contributed by atoms with Crippen LogP contribution in [-0.2, 0) is 13.1 Å². The standard InChI is InChI=1S/C16H19ClN6/c17-13-4-5-16-20-14(9-22(16)7-13)8-21-6-2-1-3-15(21)10-23-12-18-11-19-23/h4-5,7,9,11-12,15H,1-3,6,8,10H2/t15-/m1/s1. The summed E-state index contributed by atoms with van der Waals surface area (Å²) >= 11 is 6.05. The predicted octanol–water partition coefficient (Wildman–Crippen LogP) is 2.63. The number of rotatable bonds is 4. The molecule has 0 amide bonds. The van der Waals surface area contributed by atoms with Crippen molar-refractivity contribution in [3.05, 3.63) is 47.9 Å². The summed E-state index contributed by atoms with van der Waals surface area (Å²) in [6.45, 7) is 2.85. The van der Waals surface area contributed by atoms with Crippen LogP contribution in [0, 0.1) is 0 Å². The van der Waals surface area contributed by atoms with Crippen molar-refractivity contribution in [3.63, 3.8) is 0 Å². The number of hydrogen-bond acceptors (Lipinski definition) is 4. The maximum absolute atomic E-state index is 6.05. The van der Waals surface area contributed by atoms with Crippen molar-refractivity contribution in [1.29, 1.82) is 0 Å². The fraction of sp³-hybridized carbons (Fsp3) is 0.438. The third-order valence-electron chi connectivity index (χ3n) is 4.44. The van der Waals surface area contributed by atoms with Crippen molar-refractivity contribution in [1.82, 2.24) is 29.0 Å². The third kappa shape index (κ3) is 3.23. The fourth-order valence-electron chi connectivity index (χ4n) is 3.32. The third-order valence-corrected chi connectivity index (χ3v) is 4.67. The molecule has 1 fully saturated rings. The lowest BCUT2D eigenvalue weighted by atomic mass is 10.0. The van der Waals surface area contributed by atoms with Crippen LogP contribution in [0.1, 0.15) is 25.0 Å². The van der Waals surface area contributed by atoms with E-state index in [1.54, 1.807) is 12.7 Å². The Bertz CT molecular complexity index is 781. The fourth-order valence-corrected chi connectivity index (χ4v) is 3.49. The molecule has 1 atom stereocenters. The van der Waals surface area contributed by atoms with Crippen LogP contribution < -0.4 is 0 Å². The van der Waals surface area contributed by atoms with Crippen molar-refractivity contribution in [2.75, 3.05) is 6.54 Å². The smallest absolute Gasteiger partial charge is 0.137 e. The molecule has 3 aromatic heterocycles.